The van der Waals surface area contributed by atoms with Crippen LogP contribution in [0.15, 0.2) is 12.3 Å². The maximum absolute atomic E-state index is 13.1. The highest BCUT2D eigenvalue weighted by Crippen LogP contribution is 2.42. The Morgan fingerprint density at radius 2 is 2.16 bits per heavy atom. The zero-order chi connectivity index (χ0) is 17.4. The normalized spacial score (nSPS) is 27.2. The highest BCUT2D eigenvalue weighted by Gasteiger charge is 2.48. The molecular weight excluding hydrogens is 312 g/mol. The SMILES string of the molecule is CCn1cc(CN2CC[C@@]3(CCCN(CC4CC4)C3=O)C2)cc1C#N. The van der Waals surface area contributed by atoms with Crippen LogP contribution in [0.5, 0.6) is 0 Å². The summed E-state index contributed by atoms with van der Waals surface area (Å²) in [4.78, 5) is 17.7. The highest BCUT2D eigenvalue weighted by atomic mass is 16.2. The monoisotopic (exact) mass is 340 g/mol. The zero-order valence-corrected chi connectivity index (χ0v) is 15.2. The molecule has 1 amide bonds. The number of nitrogens with zero attached hydrogens (tertiary/aromatic N) is 4. The lowest BCUT2D eigenvalue weighted by Crippen LogP contribution is -2.50. The number of carbonyl (C=O) groups is 1. The fourth-order valence-electron chi connectivity index (χ4n) is 4.68. The van der Waals surface area contributed by atoms with Gasteiger partial charge < -0.3 is 9.47 Å². The molecule has 0 unspecified atom stereocenters. The van der Waals surface area contributed by atoms with Crippen LogP contribution >= 0.6 is 0 Å². The molecule has 1 aromatic heterocycles. The van der Waals surface area contributed by atoms with Gasteiger partial charge in [0.1, 0.15) is 11.8 Å². The van der Waals surface area contributed by atoms with Crippen molar-refractivity contribution in [3.8, 4) is 6.07 Å². The minimum absolute atomic E-state index is 0.140. The number of likely N-dealkylation sites (tertiary alicyclic amines) is 2. The van der Waals surface area contributed by atoms with E-state index in [4.69, 9.17) is 0 Å². The average Bonchev–Trinajstić information content (AvgIpc) is 3.20. The number of hydrogen-bond acceptors (Lipinski definition) is 3. The molecule has 134 valence electrons. The smallest absolute Gasteiger partial charge is 0.230 e. The summed E-state index contributed by atoms with van der Waals surface area (Å²) in [5.74, 6) is 1.19. The molecule has 2 saturated heterocycles. The van der Waals surface area contributed by atoms with Crippen LogP contribution in [0.2, 0.25) is 0 Å². The first-order valence-electron chi connectivity index (χ1n) is 9.74. The molecule has 1 aliphatic carbocycles. The van der Waals surface area contributed by atoms with Crippen molar-refractivity contribution in [2.45, 2.75) is 52.1 Å². The van der Waals surface area contributed by atoms with Gasteiger partial charge in [0.15, 0.2) is 0 Å². The van der Waals surface area contributed by atoms with E-state index in [2.05, 4.69) is 29.0 Å². The Labute approximate surface area is 150 Å². The summed E-state index contributed by atoms with van der Waals surface area (Å²) in [6.07, 6.45) is 7.88. The summed E-state index contributed by atoms with van der Waals surface area (Å²) < 4.78 is 2.00. The molecule has 3 heterocycles. The first-order chi connectivity index (χ1) is 12.1. The van der Waals surface area contributed by atoms with E-state index >= 15 is 0 Å². The lowest BCUT2D eigenvalue weighted by molar-refractivity contribution is -0.145. The van der Waals surface area contributed by atoms with Crippen LogP contribution in [0.3, 0.4) is 0 Å². The third-order valence-electron chi connectivity index (χ3n) is 6.25. The lowest BCUT2D eigenvalue weighted by Gasteiger charge is -2.39. The van der Waals surface area contributed by atoms with E-state index < -0.39 is 0 Å². The molecule has 0 radical (unpaired) electrons. The fourth-order valence-corrected chi connectivity index (χ4v) is 4.68. The maximum atomic E-state index is 13.1. The van der Waals surface area contributed by atoms with Crippen molar-refractivity contribution in [2.24, 2.45) is 11.3 Å². The number of nitriles is 1. The molecule has 3 aliphatic rings. The molecule has 1 aromatic rings. The molecule has 5 heteroatoms. The minimum Gasteiger partial charge on any atom is -0.342 e. The van der Waals surface area contributed by atoms with Crippen molar-refractivity contribution in [3.63, 3.8) is 0 Å². The van der Waals surface area contributed by atoms with E-state index in [1.54, 1.807) is 0 Å². The van der Waals surface area contributed by atoms with Crippen molar-refractivity contribution in [1.82, 2.24) is 14.4 Å². The van der Waals surface area contributed by atoms with E-state index in [1.165, 1.54) is 18.4 Å². The van der Waals surface area contributed by atoms with Crippen LogP contribution in [-0.4, -0.2) is 46.5 Å². The van der Waals surface area contributed by atoms with E-state index in [0.29, 0.717) is 5.91 Å². The second kappa shape index (κ2) is 6.49. The molecule has 1 saturated carbocycles. The van der Waals surface area contributed by atoms with Crippen LogP contribution in [0.1, 0.15) is 50.3 Å². The molecule has 1 atom stereocenters. The van der Waals surface area contributed by atoms with Crippen molar-refractivity contribution in [3.05, 3.63) is 23.5 Å². The highest BCUT2D eigenvalue weighted by molar-refractivity contribution is 5.84. The molecule has 2 aliphatic heterocycles. The van der Waals surface area contributed by atoms with Gasteiger partial charge in [0.25, 0.3) is 0 Å². The van der Waals surface area contributed by atoms with Gasteiger partial charge in [-0.2, -0.15) is 5.26 Å². The summed E-state index contributed by atoms with van der Waals surface area (Å²) in [6, 6.07) is 4.27. The second-order valence-electron chi connectivity index (χ2n) is 8.17. The Hall–Kier alpha value is -1.80. The average molecular weight is 340 g/mol. The third kappa shape index (κ3) is 3.20. The van der Waals surface area contributed by atoms with E-state index in [-0.39, 0.29) is 5.41 Å². The number of aryl methyl sites for hydroxylation is 1. The number of aromatic nitrogens is 1. The summed E-state index contributed by atoms with van der Waals surface area (Å²) in [5, 5.41) is 9.23. The molecule has 0 aromatic carbocycles. The Balaban J connectivity index is 1.42. The van der Waals surface area contributed by atoms with E-state index in [1.807, 2.05) is 10.6 Å². The largest absolute Gasteiger partial charge is 0.342 e. The van der Waals surface area contributed by atoms with Gasteiger partial charge >= 0.3 is 0 Å². The molecule has 0 N–H and O–H groups in total. The van der Waals surface area contributed by atoms with Gasteiger partial charge in [-0.25, -0.2) is 0 Å². The predicted octanol–water partition coefficient (Wildman–Crippen LogP) is 2.60. The molecule has 5 nitrogen and oxygen atoms in total. The van der Waals surface area contributed by atoms with Crippen LogP contribution in [0, 0.1) is 22.7 Å². The van der Waals surface area contributed by atoms with Crippen molar-refractivity contribution < 1.29 is 4.79 Å². The Bertz CT molecular complexity index is 699. The van der Waals surface area contributed by atoms with Crippen molar-refractivity contribution in [2.75, 3.05) is 26.2 Å². The van der Waals surface area contributed by atoms with Gasteiger partial charge in [-0.05, 0) is 63.1 Å². The summed E-state index contributed by atoms with van der Waals surface area (Å²) in [6.45, 7) is 7.55. The summed E-state index contributed by atoms with van der Waals surface area (Å²) >= 11 is 0. The quantitative estimate of drug-likeness (QED) is 0.828. The minimum atomic E-state index is -0.140. The number of rotatable bonds is 5. The standard InChI is InChI=1S/C20H28N4O/c1-2-23-14-17(10-18(23)11-21)12-22-9-7-20(15-22)6-3-8-24(19(20)25)13-16-4-5-16/h10,14,16H,2-9,12-13,15H2,1H3/t20-/m0/s1. The second-order valence-corrected chi connectivity index (χ2v) is 8.17. The number of hydrogen-bond donors (Lipinski definition) is 0. The van der Waals surface area contributed by atoms with Crippen LogP contribution < -0.4 is 0 Å². The van der Waals surface area contributed by atoms with Crippen molar-refractivity contribution in [1.29, 1.82) is 5.26 Å². The van der Waals surface area contributed by atoms with Gasteiger partial charge in [-0.1, -0.05) is 0 Å². The molecule has 4 rings (SSSR count). The maximum Gasteiger partial charge on any atom is 0.230 e. The molecule has 0 bridgehead atoms. The Morgan fingerprint density at radius 1 is 1.32 bits per heavy atom. The van der Waals surface area contributed by atoms with Crippen molar-refractivity contribution >= 4 is 5.91 Å². The van der Waals surface area contributed by atoms with Crippen LogP contribution in [0.4, 0.5) is 0 Å². The molecule has 25 heavy (non-hydrogen) atoms. The number of amides is 1. The number of carbonyl (C=O) groups excluding carboxylic acids is 1. The van der Waals surface area contributed by atoms with Gasteiger partial charge in [-0.3, -0.25) is 9.69 Å². The molecular formula is C20H28N4O. The lowest BCUT2D eigenvalue weighted by atomic mass is 9.78. The van der Waals surface area contributed by atoms with Crippen LogP contribution in [-0.2, 0) is 17.9 Å². The third-order valence-corrected chi connectivity index (χ3v) is 6.25. The van der Waals surface area contributed by atoms with Gasteiger partial charge in [-0.15, -0.1) is 0 Å². The summed E-state index contributed by atoms with van der Waals surface area (Å²) in [5.41, 5.74) is 1.78. The zero-order valence-electron chi connectivity index (χ0n) is 15.2. The molecule has 1 spiro atoms. The molecule has 3 fully saturated rings. The van der Waals surface area contributed by atoms with E-state index in [9.17, 15) is 10.1 Å². The Kier molecular flexibility index (Phi) is 4.33. The van der Waals surface area contributed by atoms with Gasteiger partial charge in [0.2, 0.25) is 5.91 Å². The fraction of sp³-hybridized carbons (Fsp3) is 0.700. The first kappa shape index (κ1) is 16.7. The van der Waals surface area contributed by atoms with Crippen LogP contribution in [0.25, 0.3) is 0 Å². The van der Waals surface area contributed by atoms with Gasteiger partial charge in [0.05, 0.1) is 5.41 Å². The van der Waals surface area contributed by atoms with Gasteiger partial charge in [0, 0.05) is 38.9 Å². The Morgan fingerprint density at radius 3 is 2.84 bits per heavy atom. The summed E-state index contributed by atoms with van der Waals surface area (Å²) in [7, 11) is 0. The number of piperidine rings is 1. The predicted molar refractivity (Wildman–Crippen MR) is 95.7 cm³/mol. The van der Waals surface area contributed by atoms with E-state index in [0.717, 1.165) is 70.1 Å². The first-order valence-corrected chi connectivity index (χ1v) is 9.74. The topological polar surface area (TPSA) is 52.3 Å².